The quantitative estimate of drug-likeness (QED) is 0.224. The van der Waals surface area contributed by atoms with E-state index in [9.17, 15) is 9.59 Å². The normalized spacial score (nSPS) is 29.3. The van der Waals surface area contributed by atoms with E-state index in [-0.39, 0.29) is 26.3 Å². The molecule has 4 aliphatic carbocycles. The van der Waals surface area contributed by atoms with Gasteiger partial charge in [-0.15, -0.1) is 0 Å². The van der Waals surface area contributed by atoms with E-state index in [0.29, 0.717) is 5.11 Å². The van der Waals surface area contributed by atoms with Crippen molar-refractivity contribution in [2.45, 2.75) is 44.1 Å². The van der Waals surface area contributed by atoms with Crippen molar-refractivity contribution in [2.75, 3.05) is 5.32 Å². The smallest absolute Gasteiger partial charge is 0.328 e. The summed E-state index contributed by atoms with van der Waals surface area (Å²) in [6, 6.07) is 2.77. The van der Waals surface area contributed by atoms with Crippen LogP contribution in [0.5, 0.6) is 0 Å². The van der Waals surface area contributed by atoms with Crippen molar-refractivity contribution in [3.63, 3.8) is 0 Å². The van der Waals surface area contributed by atoms with Crippen LogP contribution in [0.15, 0.2) is 12.1 Å². The molecule has 4 fully saturated rings. The minimum Gasteiger partial charge on any atom is -0.356 e. The molecule has 1 aromatic carbocycles. The highest BCUT2D eigenvalue weighted by atomic mass is 35.5. The molecule has 4 bridgehead atoms. The number of benzene rings is 1. The molecule has 0 unspecified atom stereocenters. The van der Waals surface area contributed by atoms with Gasteiger partial charge in [-0.1, -0.05) is 34.8 Å². The van der Waals surface area contributed by atoms with Crippen molar-refractivity contribution in [3.8, 4) is 0 Å². The number of hydrogen-bond donors (Lipinski definition) is 4. The van der Waals surface area contributed by atoms with Gasteiger partial charge in [0.05, 0.1) is 20.8 Å². The summed E-state index contributed by atoms with van der Waals surface area (Å²) in [6.07, 6.45) is 7.33. The number of carbonyl (C=O) groups excluding carboxylic acids is 2. The lowest BCUT2D eigenvalue weighted by Gasteiger charge is -2.57. The molecule has 156 valence electrons. The molecule has 0 atom stereocenters. The topological polar surface area (TPSA) is 82.3 Å². The molecule has 4 N–H and O–H groups in total. The molecule has 0 saturated heterocycles. The number of nitrogens with one attached hydrogen (secondary N) is 4. The van der Waals surface area contributed by atoms with Crippen molar-refractivity contribution < 1.29 is 9.59 Å². The third kappa shape index (κ3) is 4.58. The summed E-state index contributed by atoms with van der Waals surface area (Å²) in [5.41, 5.74) is 5.17. The molecular weight excluding hydrogens is 455 g/mol. The van der Waals surface area contributed by atoms with Crippen molar-refractivity contribution in [1.29, 1.82) is 0 Å². The molecule has 0 heterocycles. The Labute approximate surface area is 189 Å². The average Bonchev–Trinajstić information content (AvgIpc) is 2.62. The van der Waals surface area contributed by atoms with Crippen LogP contribution in [-0.2, 0) is 9.59 Å². The maximum absolute atomic E-state index is 12.1. The lowest BCUT2D eigenvalue weighted by Crippen LogP contribution is -2.63. The van der Waals surface area contributed by atoms with E-state index in [1.165, 1.54) is 31.4 Å². The predicted octanol–water partition coefficient (Wildman–Crippen LogP) is 4.05. The zero-order valence-corrected chi connectivity index (χ0v) is 18.6. The fourth-order valence-corrected chi connectivity index (χ4v) is 6.37. The first kappa shape index (κ1) is 21.0. The summed E-state index contributed by atoms with van der Waals surface area (Å²) in [4.78, 5) is 24.2. The van der Waals surface area contributed by atoms with Crippen LogP contribution >= 0.6 is 47.0 Å². The Morgan fingerprint density at radius 2 is 1.41 bits per heavy atom. The minimum atomic E-state index is -0.907. The van der Waals surface area contributed by atoms with Gasteiger partial charge >= 0.3 is 11.8 Å². The van der Waals surface area contributed by atoms with Crippen LogP contribution in [0, 0.1) is 17.8 Å². The maximum atomic E-state index is 12.1. The Morgan fingerprint density at radius 1 is 0.862 bits per heavy atom. The first-order chi connectivity index (χ1) is 13.7. The third-order valence-electron chi connectivity index (χ3n) is 6.17. The molecule has 5 rings (SSSR count). The van der Waals surface area contributed by atoms with Crippen LogP contribution in [0.2, 0.25) is 15.1 Å². The van der Waals surface area contributed by atoms with E-state index in [1.54, 1.807) is 0 Å². The van der Waals surface area contributed by atoms with E-state index >= 15 is 0 Å². The molecule has 6 nitrogen and oxygen atoms in total. The molecule has 10 heteroatoms. The van der Waals surface area contributed by atoms with Gasteiger partial charge in [-0.3, -0.25) is 20.4 Å². The number of halogens is 3. The Balaban J connectivity index is 1.29. The van der Waals surface area contributed by atoms with Gasteiger partial charge in [-0.2, -0.15) is 0 Å². The number of thiocarbonyl (C=S) groups is 1. The molecule has 0 aromatic heterocycles. The number of anilines is 1. The van der Waals surface area contributed by atoms with E-state index in [2.05, 4.69) is 21.5 Å². The molecule has 29 heavy (non-hydrogen) atoms. The highest BCUT2D eigenvalue weighted by molar-refractivity contribution is 7.80. The van der Waals surface area contributed by atoms with Gasteiger partial charge in [0.2, 0.25) is 0 Å². The van der Waals surface area contributed by atoms with Crippen molar-refractivity contribution >= 4 is 69.6 Å². The summed E-state index contributed by atoms with van der Waals surface area (Å²) in [6.45, 7) is 0. The van der Waals surface area contributed by atoms with Crippen LogP contribution in [-0.4, -0.2) is 22.5 Å². The van der Waals surface area contributed by atoms with Gasteiger partial charge in [-0.25, -0.2) is 0 Å². The molecule has 4 saturated carbocycles. The fraction of sp³-hybridized carbons (Fsp3) is 0.526. The van der Waals surface area contributed by atoms with Crippen LogP contribution in [0.4, 0.5) is 5.69 Å². The number of amides is 2. The van der Waals surface area contributed by atoms with Crippen LogP contribution in [0.1, 0.15) is 38.5 Å². The maximum Gasteiger partial charge on any atom is 0.328 e. The second-order valence-electron chi connectivity index (χ2n) is 8.43. The SMILES string of the molecule is O=C(NNC(=S)NC12CC3CC(CC(C3)C1)C2)C(=O)Nc1cc(Cl)c(Cl)cc1Cl. The zero-order chi connectivity index (χ0) is 20.8. The second kappa shape index (κ2) is 8.10. The van der Waals surface area contributed by atoms with Crippen LogP contribution in [0.3, 0.4) is 0 Å². The summed E-state index contributed by atoms with van der Waals surface area (Å²) >= 11 is 23.1. The Kier molecular flexibility index (Phi) is 5.86. The first-order valence-electron chi connectivity index (χ1n) is 9.57. The van der Waals surface area contributed by atoms with Gasteiger partial charge in [0.15, 0.2) is 5.11 Å². The summed E-state index contributed by atoms with van der Waals surface area (Å²) in [5.74, 6) is 0.505. The lowest BCUT2D eigenvalue weighted by molar-refractivity contribution is -0.136. The van der Waals surface area contributed by atoms with Crippen molar-refractivity contribution in [1.82, 2.24) is 16.2 Å². The van der Waals surface area contributed by atoms with Gasteiger partial charge in [0, 0.05) is 5.54 Å². The van der Waals surface area contributed by atoms with E-state index in [1.807, 2.05) is 0 Å². The first-order valence-corrected chi connectivity index (χ1v) is 11.1. The molecule has 4 aliphatic rings. The standard InChI is InChI=1S/C19H21Cl3N4O2S/c20-12-4-14(22)15(5-13(12)21)23-16(27)17(28)25-26-18(29)24-19-6-9-1-10(7-19)3-11(2-9)8-19/h4-5,9-11H,1-3,6-8H2,(H,23,27)(H,25,28)(H2,24,26,29). The highest BCUT2D eigenvalue weighted by Gasteiger charge is 2.51. The van der Waals surface area contributed by atoms with E-state index in [4.69, 9.17) is 47.0 Å². The largest absolute Gasteiger partial charge is 0.356 e. The average molecular weight is 476 g/mol. The fourth-order valence-electron chi connectivity index (χ4n) is 5.50. The van der Waals surface area contributed by atoms with Crippen molar-refractivity contribution in [3.05, 3.63) is 27.2 Å². The van der Waals surface area contributed by atoms with Gasteiger partial charge in [-0.05, 0) is 80.6 Å². The monoisotopic (exact) mass is 474 g/mol. The van der Waals surface area contributed by atoms with E-state index in [0.717, 1.165) is 37.0 Å². The number of carbonyl (C=O) groups is 2. The lowest BCUT2D eigenvalue weighted by atomic mass is 9.53. The number of hydrogen-bond acceptors (Lipinski definition) is 3. The number of rotatable bonds is 2. The second-order valence-corrected chi connectivity index (χ2v) is 10.1. The third-order valence-corrected chi connectivity index (χ3v) is 7.41. The molecular formula is C19H21Cl3N4O2S. The summed E-state index contributed by atoms with van der Waals surface area (Å²) < 4.78 is 0. The zero-order valence-electron chi connectivity index (χ0n) is 15.5. The van der Waals surface area contributed by atoms with Gasteiger partial charge in [0.25, 0.3) is 0 Å². The number of hydrazine groups is 1. The summed E-state index contributed by atoms with van der Waals surface area (Å²) in [5, 5.41) is 6.77. The Morgan fingerprint density at radius 3 is 2.00 bits per heavy atom. The Bertz CT molecular complexity index is 844. The minimum absolute atomic E-state index is 0.0133. The summed E-state index contributed by atoms with van der Waals surface area (Å²) in [7, 11) is 0. The Hall–Kier alpha value is -1.28. The van der Waals surface area contributed by atoms with Gasteiger partial charge < -0.3 is 10.6 Å². The highest BCUT2D eigenvalue weighted by Crippen LogP contribution is 2.55. The molecule has 1 aromatic rings. The van der Waals surface area contributed by atoms with E-state index < -0.39 is 11.8 Å². The predicted molar refractivity (Wildman–Crippen MR) is 118 cm³/mol. The van der Waals surface area contributed by atoms with Crippen LogP contribution in [0.25, 0.3) is 0 Å². The molecule has 0 aliphatic heterocycles. The van der Waals surface area contributed by atoms with Crippen molar-refractivity contribution in [2.24, 2.45) is 17.8 Å². The van der Waals surface area contributed by atoms with Gasteiger partial charge in [0.1, 0.15) is 0 Å². The molecule has 0 radical (unpaired) electrons. The molecule has 2 amide bonds. The van der Waals surface area contributed by atoms with Crippen LogP contribution < -0.4 is 21.5 Å². The molecule has 0 spiro atoms.